The number of aliphatic carboxylic acids is 1. The van der Waals surface area contributed by atoms with E-state index in [0.717, 1.165) is 12.1 Å². The van der Waals surface area contributed by atoms with E-state index in [9.17, 15) is 4.79 Å². The summed E-state index contributed by atoms with van der Waals surface area (Å²) in [6.07, 6.45) is 7.06. The first-order valence-electron chi connectivity index (χ1n) is 8.67. The van der Waals surface area contributed by atoms with Crippen molar-refractivity contribution in [3.05, 3.63) is 29.3 Å². The van der Waals surface area contributed by atoms with Crippen LogP contribution in [0.1, 0.15) is 70.9 Å². The molecule has 0 aromatic heterocycles. The molecule has 0 spiro atoms. The highest BCUT2D eigenvalue weighted by molar-refractivity contribution is 5.78. The molecule has 1 heterocycles. The molecule has 1 unspecified atom stereocenters. The molecule has 0 aliphatic carbocycles. The Morgan fingerprint density at radius 3 is 2.32 bits per heavy atom. The van der Waals surface area contributed by atoms with Crippen LogP contribution in [-0.4, -0.2) is 17.1 Å². The van der Waals surface area contributed by atoms with E-state index in [1.807, 2.05) is 32.9 Å². The number of carboxylic acid groups (broad SMARTS) is 1. The van der Waals surface area contributed by atoms with Gasteiger partial charge in [-0.3, -0.25) is 0 Å². The van der Waals surface area contributed by atoms with Crippen LogP contribution in [-0.2, 0) is 11.2 Å². The van der Waals surface area contributed by atoms with Gasteiger partial charge in [-0.05, 0) is 31.4 Å². The van der Waals surface area contributed by atoms with E-state index in [1.165, 1.54) is 36.8 Å². The summed E-state index contributed by atoms with van der Waals surface area (Å²) in [7, 11) is 0. The van der Waals surface area contributed by atoms with Crippen LogP contribution in [0.3, 0.4) is 0 Å². The Kier molecular flexibility index (Phi) is 11.2. The lowest BCUT2D eigenvalue weighted by Gasteiger charge is -2.24. The van der Waals surface area contributed by atoms with E-state index in [-0.39, 0.29) is 0 Å². The maximum absolute atomic E-state index is 10.8. The lowest BCUT2D eigenvalue weighted by Crippen LogP contribution is -2.33. The summed E-state index contributed by atoms with van der Waals surface area (Å²) in [5.41, 5.74) is 3.41. The molecule has 1 aromatic rings. The molecule has 0 bridgehead atoms. The molecule has 3 heteroatoms. The van der Waals surface area contributed by atoms with Gasteiger partial charge in [0.1, 0.15) is 6.04 Å². The van der Waals surface area contributed by atoms with E-state index >= 15 is 0 Å². The third kappa shape index (κ3) is 7.48. The lowest BCUT2D eigenvalue weighted by molar-refractivity contribution is -0.138. The van der Waals surface area contributed by atoms with Crippen LogP contribution in [0.4, 0.5) is 5.69 Å². The van der Waals surface area contributed by atoms with E-state index < -0.39 is 12.0 Å². The van der Waals surface area contributed by atoms with E-state index in [2.05, 4.69) is 25.2 Å². The lowest BCUT2D eigenvalue weighted by atomic mass is 9.97. The summed E-state index contributed by atoms with van der Waals surface area (Å²) < 4.78 is 0. The fourth-order valence-corrected chi connectivity index (χ4v) is 2.32. The molecule has 22 heavy (non-hydrogen) atoms. The minimum atomic E-state index is -0.767. The first-order valence-corrected chi connectivity index (χ1v) is 8.67. The Morgan fingerprint density at radius 2 is 1.82 bits per heavy atom. The van der Waals surface area contributed by atoms with Gasteiger partial charge in [0.2, 0.25) is 0 Å². The van der Waals surface area contributed by atoms with Crippen LogP contribution in [0, 0.1) is 6.92 Å². The van der Waals surface area contributed by atoms with E-state index in [4.69, 9.17) is 5.11 Å². The average Bonchev–Trinajstić information content (AvgIpc) is 2.54. The van der Waals surface area contributed by atoms with Crippen LogP contribution < -0.4 is 5.32 Å². The van der Waals surface area contributed by atoms with Gasteiger partial charge in [0, 0.05) is 5.69 Å². The molecular weight excluding hydrogens is 274 g/mol. The zero-order valence-electron chi connectivity index (χ0n) is 14.9. The first-order chi connectivity index (χ1) is 10.6. The molecule has 2 N–H and O–H groups in total. The standard InChI is InChI=1S/C11H13NO2.C6H14.C2H6/c1-7-2-4-9-8(6-7)3-5-10(12-9)11(13)14;1-3-5-6-4-2;1-2/h2,4,6,10,12H,3,5H2,1H3,(H,13,14);3-6H2,1-2H3;1-2H3. The van der Waals surface area contributed by atoms with Gasteiger partial charge in [0.05, 0.1) is 0 Å². The Hall–Kier alpha value is -1.51. The van der Waals surface area contributed by atoms with Gasteiger partial charge in [0.15, 0.2) is 0 Å². The number of nitrogens with one attached hydrogen (secondary N) is 1. The van der Waals surface area contributed by atoms with Crippen LogP contribution in [0.15, 0.2) is 18.2 Å². The average molecular weight is 307 g/mol. The zero-order chi connectivity index (χ0) is 17.0. The smallest absolute Gasteiger partial charge is 0.326 e. The second-order valence-corrected chi connectivity index (χ2v) is 5.44. The first kappa shape index (κ1) is 20.5. The molecule has 0 radical (unpaired) electrons. The van der Waals surface area contributed by atoms with Gasteiger partial charge < -0.3 is 10.4 Å². The third-order valence-corrected chi connectivity index (χ3v) is 3.55. The number of hydrogen-bond donors (Lipinski definition) is 2. The molecule has 0 amide bonds. The quantitative estimate of drug-likeness (QED) is 0.730. The number of rotatable bonds is 4. The summed E-state index contributed by atoms with van der Waals surface area (Å²) in [6.45, 7) is 10.5. The largest absolute Gasteiger partial charge is 0.480 e. The van der Waals surface area contributed by atoms with Gasteiger partial charge in [-0.25, -0.2) is 4.79 Å². The van der Waals surface area contributed by atoms with Crippen LogP contribution in [0.5, 0.6) is 0 Å². The number of carboxylic acids is 1. The maximum atomic E-state index is 10.8. The van der Waals surface area contributed by atoms with Crippen LogP contribution in [0.2, 0.25) is 0 Å². The maximum Gasteiger partial charge on any atom is 0.326 e. The van der Waals surface area contributed by atoms with Gasteiger partial charge >= 0.3 is 5.97 Å². The highest BCUT2D eigenvalue weighted by Crippen LogP contribution is 2.25. The summed E-state index contributed by atoms with van der Waals surface area (Å²) >= 11 is 0. The third-order valence-electron chi connectivity index (χ3n) is 3.55. The molecule has 1 aromatic carbocycles. The Morgan fingerprint density at radius 1 is 1.23 bits per heavy atom. The molecule has 2 rings (SSSR count). The number of benzene rings is 1. The van der Waals surface area contributed by atoms with E-state index in [1.54, 1.807) is 0 Å². The molecule has 1 aliphatic heterocycles. The minimum absolute atomic E-state index is 0.426. The molecular formula is C19H33NO2. The predicted octanol–water partition coefficient (Wildman–Crippen LogP) is 5.42. The van der Waals surface area contributed by atoms with Crippen LogP contribution >= 0.6 is 0 Å². The summed E-state index contributed by atoms with van der Waals surface area (Å²) in [5.74, 6) is -0.767. The van der Waals surface area contributed by atoms with Gasteiger partial charge in [0.25, 0.3) is 0 Å². The van der Waals surface area contributed by atoms with Crippen molar-refractivity contribution < 1.29 is 9.90 Å². The number of unbranched alkanes of at least 4 members (excludes halogenated alkanes) is 3. The van der Waals surface area contributed by atoms with Gasteiger partial charge in [-0.1, -0.05) is 71.1 Å². The summed E-state index contributed by atoms with van der Waals surface area (Å²) in [6, 6.07) is 5.64. The normalized spacial score (nSPS) is 15.2. The number of hydrogen-bond acceptors (Lipinski definition) is 2. The fourth-order valence-electron chi connectivity index (χ4n) is 2.32. The molecule has 1 atom stereocenters. The minimum Gasteiger partial charge on any atom is -0.480 e. The second-order valence-electron chi connectivity index (χ2n) is 5.44. The van der Waals surface area contributed by atoms with Crippen molar-refractivity contribution in [2.24, 2.45) is 0 Å². The SMILES string of the molecule is CC.CCCCCC.Cc1ccc2c(c1)CCC(C(=O)O)N2. The van der Waals surface area contributed by atoms with Crippen molar-refractivity contribution in [1.29, 1.82) is 0 Å². The molecule has 0 saturated carbocycles. The van der Waals surface area contributed by atoms with Gasteiger partial charge in [-0.15, -0.1) is 0 Å². The summed E-state index contributed by atoms with van der Waals surface area (Å²) in [5, 5.41) is 11.9. The molecule has 1 aliphatic rings. The van der Waals surface area contributed by atoms with E-state index in [0.29, 0.717) is 6.42 Å². The number of aryl methyl sites for hydroxylation is 2. The molecule has 3 nitrogen and oxygen atoms in total. The molecule has 0 saturated heterocycles. The van der Waals surface area contributed by atoms with Crippen molar-refractivity contribution in [2.75, 3.05) is 5.32 Å². The van der Waals surface area contributed by atoms with Crippen molar-refractivity contribution in [1.82, 2.24) is 0 Å². The number of fused-ring (bicyclic) bond motifs is 1. The molecule has 126 valence electrons. The van der Waals surface area contributed by atoms with Gasteiger partial charge in [-0.2, -0.15) is 0 Å². The van der Waals surface area contributed by atoms with Crippen molar-refractivity contribution in [2.45, 2.75) is 79.2 Å². The Labute approximate surface area is 136 Å². The Balaban J connectivity index is 0.000000470. The highest BCUT2D eigenvalue weighted by Gasteiger charge is 2.22. The predicted molar refractivity (Wildman–Crippen MR) is 95.7 cm³/mol. The zero-order valence-corrected chi connectivity index (χ0v) is 14.9. The van der Waals surface area contributed by atoms with Crippen molar-refractivity contribution in [3.63, 3.8) is 0 Å². The topological polar surface area (TPSA) is 49.3 Å². The number of carbonyl (C=O) groups is 1. The fraction of sp³-hybridized carbons (Fsp3) is 0.632. The monoisotopic (exact) mass is 307 g/mol. The Bertz CT molecular complexity index is 425. The van der Waals surface area contributed by atoms with Crippen molar-refractivity contribution >= 4 is 11.7 Å². The summed E-state index contributed by atoms with van der Waals surface area (Å²) in [4.78, 5) is 10.8. The highest BCUT2D eigenvalue weighted by atomic mass is 16.4. The molecule has 0 fully saturated rings. The number of anilines is 1. The van der Waals surface area contributed by atoms with Crippen molar-refractivity contribution in [3.8, 4) is 0 Å². The second kappa shape index (κ2) is 12.1. The van der Waals surface area contributed by atoms with Crippen LogP contribution in [0.25, 0.3) is 0 Å².